The predicted molar refractivity (Wildman–Crippen MR) is 109 cm³/mol. The number of rotatable bonds is 5. The van der Waals surface area contributed by atoms with Crippen LogP contribution in [-0.4, -0.2) is 30.9 Å². The monoisotopic (exact) mass is 359 g/mol. The van der Waals surface area contributed by atoms with Crippen LogP contribution in [-0.2, 0) is 16.8 Å². The Morgan fingerprint density at radius 1 is 0.889 bits per heavy atom. The van der Waals surface area contributed by atoms with Crippen LogP contribution in [0.25, 0.3) is 11.1 Å². The van der Waals surface area contributed by atoms with Crippen LogP contribution in [0.1, 0.15) is 11.1 Å². The molecule has 1 aliphatic rings. The molecule has 138 valence electrons. The molecule has 27 heavy (non-hydrogen) atoms. The number of hydrogen-bond acceptors (Lipinski definition) is 3. The first-order chi connectivity index (χ1) is 13.3. The van der Waals surface area contributed by atoms with Crippen molar-refractivity contribution in [3.8, 4) is 11.1 Å². The van der Waals surface area contributed by atoms with Crippen LogP contribution in [0.5, 0.6) is 0 Å². The fraction of sp³-hybridized carbons (Fsp3) is 0.250. The van der Waals surface area contributed by atoms with Crippen molar-refractivity contribution < 1.29 is 9.84 Å². The summed E-state index contributed by atoms with van der Waals surface area (Å²) in [6.07, 6.45) is 0.200. The molecule has 0 spiro atoms. The Balaban J connectivity index is 1.75. The molecule has 3 aromatic carbocycles. The van der Waals surface area contributed by atoms with E-state index in [2.05, 4.69) is 29.6 Å². The van der Waals surface area contributed by atoms with Gasteiger partial charge in [-0.2, -0.15) is 0 Å². The van der Waals surface area contributed by atoms with Gasteiger partial charge in [0.1, 0.15) is 11.7 Å². The second-order valence-corrected chi connectivity index (χ2v) is 7.05. The minimum absolute atomic E-state index is 0.294. The van der Waals surface area contributed by atoms with Crippen molar-refractivity contribution in [2.24, 2.45) is 0 Å². The van der Waals surface area contributed by atoms with Crippen LogP contribution in [0, 0.1) is 0 Å². The van der Waals surface area contributed by atoms with Crippen molar-refractivity contribution in [2.75, 3.05) is 19.7 Å². The van der Waals surface area contributed by atoms with E-state index in [0.717, 1.165) is 28.8 Å². The average molecular weight is 359 g/mol. The third kappa shape index (κ3) is 3.81. The zero-order chi connectivity index (χ0) is 18.5. The number of morpholine rings is 1. The van der Waals surface area contributed by atoms with Crippen molar-refractivity contribution >= 4 is 0 Å². The van der Waals surface area contributed by atoms with Gasteiger partial charge in [-0.15, -0.1) is 0 Å². The first-order valence-corrected chi connectivity index (χ1v) is 9.51. The minimum Gasteiger partial charge on any atom is -0.382 e. The van der Waals surface area contributed by atoms with Crippen LogP contribution < -0.4 is 5.32 Å². The van der Waals surface area contributed by atoms with E-state index in [1.165, 1.54) is 0 Å². The van der Waals surface area contributed by atoms with E-state index in [9.17, 15) is 5.11 Å². The zero-order valence-electron chi connectivity index (χ0n) is 15.3. The molecule has 1 saturated heterocycles. The maximum Gasteiger partial charge on any atom is 0.121 e. The highest BCUT2D eigenvalue weighted by Gasteiger charge is 2.40. The molecule has 0 bridgehead atoms. The molecule has 2 atom stereocenters. The highest BCUT2D eigenvalue weighted by Crippen LogP contribution is 2.35. The third-order valence-electron chi connectivity index (χ3n) is 5.30. The molecule has 0 aromatic heterocycles. The van der Waals surface area contributed by atoms with Crippen LogP contribution in [0.2, 0.25) is 0 Å². The summed E-state index contributed by atoms with van der Waals surface area (Å²) in [7, 11) is 0. The quantitative estimate of drug-likeness (QED) is 0.729. The van der Waals surface area contributed by atoms with Crippen molar-refractivity contribution in [1.29, 1.82) is 0 Å². The van der Waals surface area contributed by atoms with E-state index < -0.39 is 5.60 Å². The van der Waals surface area contributed by atoms with E-state index in [1.54, 1.807) is 0 Å². The standard InChI is InChI=1S/C24H25NO2/c26-24(21-12-5-2-6-13-21,23-18-25-15-16-27-23)17-20-11-7-8-14-22(20)19-9-3-1-4-10-19/h1-14,23,25-26H,15-18H2/t23-,24?/m0/s1. The molecule has 3 heteroatoms. The molecule has 1 fully saturated rings. The molecular formula is C24H25NO2. The lowest BCUT2D eigenvalue weighted by molar-refractivity contribution is -0.124. The second-order valence-electron chi connectivity index (χ2n) is 7.05. The normalized spacial score (nSPS) is 19.4. The number of hydrogen-bond donors (Lipinski definition) is 2. The van der Waals surface area contributed by atoms with Gasteiger partial charge >= 0.3 is 0 Å². The van der Waals surface area contributed by atoms with Crippen molar-refractivity contribution in [2.45, 2.75) is 18.1 Å². The van der Waals surface area contributed by atoms with Crippen LogP contribution in [0.4, 0.5) is 0 Å². The molecule has 3 nitrogen and oxygen atoms in total. The molecule has 0 aliphatic carbocycles. The summed E-state index contributed by atoms with van der Waals surface area (Å²) < 4.78 is 6.00. The maximum absolute atomic E-state index is 11.9. The Bertz CT molecular complexity index is 860. The van der Waals surface area contributed by atoms with Crippen molar-refractivity contribution in [1.82, 2.24) is 5.32 Å². The van der Waals surface area contributed by atoms with Crippen molar-refractivity contribution in [3.63, 3.8) is 0 Å². The lowest BCUT2D eigenvalue weighted by Crippen LogP contribution is -2.52. The topological polar surface area (TPSA) is 41.5 Å². The van der Waals surface area contributed by atoms with Crippen molar-refractivity contribution in [3.05, 3.63) is 96.1 Å². The van der Waals surface area contributed by atoms with Gasteiger partial charge in [-0.25, -0.2) is 0 Å². The lowest BCUT2D eigenvalue weighted by Gasteiger charge is -2.39. The molecule has 1 aliphatic heterocycles. The fourth-order valence-electron chi connectivity index (χ4n) is 3.86. The molecule has 1 heterocycles. The molecule has 4 rings (SSSR count). The Kier molecular flexibility index (Phi) is 5.35. The molecule has 0 amide bonds. The Labute approximate surface area is 160 Å². The van der Waals surface area contributed by atoms with E-state index in [-0.39, 0.29) is 6.10 Å². The van der Waals surface area contributed by atoms with Gasteiger partial charge in [0, 0.05) is 19.5 Å². The summed E-state index contributed by atoms with van der Waals surface area (Å²) in [5.74, 6) is 0. The Morgan fingerprint density at radius 2 is 1.56 bits per heavy atom. The van der Waals surface area contributed by atoms with Gasteiger partial charge in [0.2, 0.25) is 0 Å². The first kappa shape index (κ1) is 17.9. The number of ether oxygens (including phenoxy) is 1. The van der Waals surface area contributed by atoms with Crippen LogP contribution >= 0.6 is 0 Å². The van der Waals surface area contributed by atoms with Gasteiger partial charge < -0.3 is 15.2 Å². The lowest BCUT2D eigenvalue weighted by atomic mass is 9.80. The second kappa shape index (κ2) is 8.05. The largest absolute Gasteiger partial charge is 0.382 e. The first-order valence-electron chi connectivity index (χ1n) is 9.51. The van der Waals surface area contributed by atoms with Gasteiger partial charge in [0.25, 0.3) is 0 Å². The summed E-state index contributed by atoms with van der Waals surface area (Å²) in [5.41, 5.74) is 3.22. The van der Waals surface area contributed by atoms with Gasteiger partial charge in [-0.05, 0) is 22.3 Å². The number of benzene rings is 3. The van der Waals surface area contributed by atoms with E-state index in [4.69, 9.17) is 4.74 Å². The Morgan fingerprint density at radius 3 is 2.26 bits per heavy atom. The molecule has 0 saturated carbocycles. The average Bonchev–Trinajstić information content (AvgIpc) is 2.76. The van der Waals surface area contributed by atoms with Crippen LogP contribution in [0.15, 0.2) is 84.9 Å². The van der Waals surface area contributed by atoms with E-state index >= 15 is 0 Å². The minimum atomic E-state index is -1.10. The molecule has 3 aromatic rings. The van der Waals surface area contributed by atoms with E-state index in [1.807, 2.05) is 60.7 Å². The SMILES string of the molecule is OC(Cc1ccccc1-c1ccccc1)(c1ccccc1)[C@@H]1CNCCO1. The molecule has 0 radical (unpaired) electrons. The fourth-order valence-corrected chi connectivity index (χ4v) is 3.86. The molecular weight excluding hydrogens is 334 g/mol. The zero-order valence-corrected chi connectivity index (χ0v) is 15.3. The van der Waals surface area contributed by atoms with E-state index in [0.29, 0.717) is 19.6 Å². The highest BCUT2D eigenvalue weighted by atomic mass is 16.5. The summed E-state index contributed by atoms with van der Waals surface area (Å²) in [6, 6.07) is 28.5. The predicted octanol–water partition coefficient (Wildman–Crippen LogP) is 3.77. The summed E-state index contributed by atoms with van der Waals surface area (Å²) >= 11 is 0. The van der Waals surface area contributed by atoms with Gasteiger partial charge in [-0.3, -0.25) is 0 Å². The van der Waals surface area contributed by atoms with Crippen LogP contribution in [0.3, 0.4) is 0 Å². The summed E-state index contributed by atoms with van der Waals surface area (Å²) in [5, 5.41) is 15.2. The molecule has 2 N–H and O–H groups in total. The summed E-state index contributed by atoms with van der Waals surface area (Å²) in [6.45, 7) is 2.07. The number of nitrogens with one attached hydrogen (secondary N) is 1. The highest BCUT2D eigenvalue weighted by molar-refractivity contribution is 5.67. The van der Waals surface area contributed by atoms with Gasteiger partial charge in [-0.1, -0.05) is 84.9 Å². The third-order valence-corrected chi connectivity index (χ3v) is 5.30. The smallest absolute Gasteiger partial charge is 0.121 e. The summed E-state index contributed by atoms with van der Waals surface area (Å²) in [4.78, 5) is 0. The van der Waals surface area contributed by atoms with Gasteiger partial charge in [0.15, 0.2) is 0 Å². The van der Waals surface area contributed by atoms with Gasteiger partial charge in [0.05, 0.1) is 6.61 Å². The molecule has 1 unspecified atom stereocenters. The Hall–Kier alpha value is -2.46. The number of aliphatic hydroxyl groups is 1. The maximum atomic E-state index is 11.9.